The Kier molecular flexibility index (Phi) is 4.22. The molecule has 1 fully saturated rings. The molecular formula is C16H25N. The van der Waals surface area contributed by atoms with Crippen LogP contribution in [0, 0.1) is 5.92 Å². The molecule has 1 unspecified atom stereocenters. The Bertz CT molecular complexity index is 333. The van der Waals surface area contributed by atoms with E-state index in [1.54, 1.807) is 0 Å². The molecule has 0 heterocycles. The molecule has 2 rings (SSSR count). The summed E-state index contributed by atoms with van der Waals surface area (Å²) in [5, 5.41) is 0. The topological polar surface area (TPSA) is 26.0 Å². The second-order valence-corrected chi connectivity index (χ2v) is 5.40. The first-order valence-electron chi connectivity index (χ1n) is 7.11. The molecule has 0 amide bonds. The third-order valence-corrected chi connectivity index (χ3v) is 4.45. The van der Waals surface area contributed by atoms with E-state index in [2.05, 4.69) is 38.1 Å². The Morgan fingerprint density at radius 2 is 1.71 bits per heavy atom. The quantitative estimate of drug-likeness (QED) is 0.799. The standard InChI is InChI=1S/C16H25N/c1-3-12(4-2)16(17)15-10-8-14(9-11-15)13-6-5-7-13/h8-13,16H,3-7,17H2,1-2H3. The Hall–Kier alpha value is -0.820. The van der Waals surface area contributed by atoms with Crippen LogP contribution in [0.5, 0.6) is 0 Å². The van der Waals surface area contributed by atoms with Gasteiger partial charge in [-0.15, -0.1) is 0 Å². The molecule has 0 bridgehead atoms. The Balaban J connectivity index is 2.05. The van der Waals surface area contributed by atoms with E-state index in [0.717, 1.165) is 5.92 Å². The van der Waals surface area contributed by atoms with Crippen molar-refractivity contribution in [1.29, 1.82) is 0 Å². The van der Waals surface area contributed by atoms with Crippen LogP contribution < -0.4 is 5.73 Å². The average molecular weight is 231 g/mol. The van der Waals surface area contributed by atoms with Crippen molar-refractivity contribution in [3.05, 3.63) is 35.4 Å². The number of hydrogen-bond acceptors (Lipinski definition) is 1. The second-order valence-electron chi connectivity index (χ2n) is 5.40. The van der Waals surface area contributed by atoms with E-state index in [9.17, 15) is 0 Å². The Morgan fingerprint density at radius 1 is 1.12 bits per heavy atom. The van der Waals surface area contributed by atoms with Gasteiger partial charge in [0.15, 0.2) is 0 Å². The number of nitrogens with two attached hydrogens (primary N) is 1. The van der Waals surface area contributed by atoms with Crippen LogP contribution >= 0.6 is 0 Å². The van der Waals surface area contributed by atoms with Gasteiger partial charge in [-0.2, -0.15) is 0 Å². The molecule has 0 radical (unpaired) electrons. The summed E-state index contributed by atoms with van der Waals surface area (Å²) in [6.45, 7) is 4.47. The van der Waals surface area contributed by atoms with E-state index in [0.29, 0.717) is 5.92 Å². The monoisotopic (exact) mass is 231 g/mol. The molecule has 1 aliphatic rings. The summed E-state index contributed by atoms with van der Waals surface area (Å²) in [6.07, 6.45) is 6.49. The van der Waals surface area contributed by atoms with Gasteiger partial charge in [-0.25, -0.2) is 0 Å². The lowest BCUT2D eigenvalue weighted by Crippen LogP contribution is -2.20. The largest absolute Gasteiger partial charge is 0.324 e. The van der Waals surface area contributed by atoms with Crippen LogP contribution in [0.4, 0.5) is 0 Å². The van der Waals surface area contributed by atoms with Crippen LogP contribution in [0.15, 0.2) is 24.3 Å². The van der Waals surface area contributed by atoms with Crippen molar-refractivity contribution in [2.24, 2.45) is 11.7 Å². The highest BCUT2D eigenvalue weighted by Gasteiger charge is 2.20. The van der Waals surface area contributed by atoms with E-state index in [1.807, 2.05) is 0 Å². The van der Waals surface area contributed by atoms with Crippen molar-refractivity contribution in [2.45, 2.75) is 57.9 Å². The van der Waals surface area contributed by atoms with Gasteiger partial charge < -0.3 is 5.73 Å². The van der Waals surface area contributed by atoms with Crippen molar-refractivity contribution in [3.8, 4) is 0 Å². The Labute approximate surface area is 105 Å². The summed E-state index contributed by atoms with van der Waals surface area (Å²) in [5.41, 5.74) is 9.15. The first-order valence-corrected chi connectivity index (χ1v) is 7.11. The zero-order valence-corrected chi connectivity index (χ0v) is 11.2. The molecule has 2 N–H and O–H groups in total. The fraction of sp³-hybridized carbons (Fsp3) is 0.625. The van der Waals surface area contributed by atoms with Gasteiger partial charge in [0.2, 0.25) is 0 Å². The van der Waals surface area contributed by atoms with Crippen molar-refractivity contribution in [2.75, 3.05) is 0 Å². The van der Waals surface area contributed by atoms with Gasteiger partial charge in [-0.3, -0.25) is 0 Å². The van der Waals surface area contributed by atoms with Crippen LogP contribution in [0.1, 0.15) is 69.0 Å². The minimum atomic E-state index is 0.209. The molecular weight excluding hydrogens is 206 g/mol. The summed E-state index contributed by atoms with van der Waals surface area (Å²) >= 11 is 0. The third-order valence-electron chi connectivity index (χ3n) is 4.45. The van der Waals surface area contributed by atoms with Gasteiger partial charge in [0.05, 0.1) is 0 Å². The predicted molar refractivity (Wildman–Crippen MR) is 74.0 cm³/mol. The van der Waals surface area contributed by atoms with Crippen molar-refractivity contribution in [3.63, 3.8) is 0 Å². The van der Waals surface area contributed by atoms with E-state index in [-0.39, 0.29) is 6.04 Å². The molecule has 0 spiro atoms. The predicted octanol–water partition coefficient (Wildman–Crippen LogP) is 4.39. The summed E-state index contributed by atoms with van der Waals surface area (Å²) in [5.74, 6) is 1.44. The van der Waals surface area contributed by atoms with Crippen LogP contribution in [0.25, 0.3) is 0 Å². The lowest BCUT2D eigenvalue weighted by Gasteiger charge is -2.27. The van der Waals surface area contributed by atoms with Crippen LogP contribution in [-0.4, -0.2) is 0 Å². The highest BCUT2D eigenvalue weighted by Crippen LogP contribution is 2.36. The van der Waals surface area contributed by atoms with Crippen LogP contribution in [0.2, 0.25) is 0 Å². The highest BCUT2D eigenvalue weighted by atomic mass is 14.6. The molecule has 94 valence electrons. The second kappa shape index (κ2) is 5.68. The van der Waals surface area contributed by atoms with E-state index >= 15 is 0 Å². The summed E-state index contributed by atoms with van der Waals surface area (Å²) in [4.78, 5) is 0. The SMILES string of the molecule is CCC(CC)C(N)c1ccc(C2CCC2)cc1. The van der Waals surface area contributed by atoms with E-state index < -0.39 is 0 Å². The lowest BCUT2D eigenvalue weighted by molar-refractivity contribution is 0.404. The maximum atomic E-state index is 6.33. The normalized spacial score (nSPS) is 18.1. The minimum Gasteiger partial charge on any atom is -0.324 e. The van der Waals surface area contributed by atoms with Gasteiger partial charge in [0.1, 0.15) is 0 Å². The maximum Gasteiger partial charge on any atom is 0.0323 e. The smallest absolute Gasteiger partial charge is 0.0323 e. The lowest BCUT2D eigenvalue weighted by atomic mass is 9.79. The molecule has 1 aromatic carbocycles. The number of rotatable bonds is 5. The molecule has 0 saturated heterocycles. The third kappa shape index (κ3) is 2.71. The molecule has 0 aromatic heterocycles. The van der Waals surface area contributed by atoms with Gasteiger partial charge in [0, 0.05) is 6.04 Å². The van der Waals surface area contributed by atoms with E-state index in [1.165, 1.54) is 43.2 Å². The Morgan fingerprint density at radius 3 is 2.12 bits per heavy atom. The first-order chi connectivity index (χ1) is 8.26. The zero-order chi connectivity index (χ0) is 12.3. The average Bonchev–Trinajstić information content (AvgIpc) is 2.29. The summed E-state index contributed by atoms with van der Waals surface area (Å²) in [6, 6.07) is 9.29. The molecule has 1 aliphatic carbocycles. The summed E-state index contributed by atoms with van der Waals surface area (Å²) < 4.78 is 0. The van der Waals surface area contributed by atoms with E-state index in [4.69, 9.17) is 5.73 Å². The number of benzene rings is 1. The fourth-order valence-corrected chi connectivity index (χ4v) is 2.80. The van der Waals surface area contributed by atoms with Gasteiger partial charge in [-0.05, 0) is 35.8 Å². The summed E-state index contributed by atoms with van der Waals surface area (Å²) in [7, 11) is 0. The molecule has 1 heteroatoms. The minimum absolute atomic E-state index is 0.209. The van der Waals surface area contributed by atoms with Gasteiger partial charge >= 0.3 is 0 Å². The van der Waals surface area contributed by atoms with Crippen molar-refractivity contribution < 1.29 is 0 Å². The van der Waals surface area contributed by atoms with Crippen molar-refractivity contribution >= 4 is 0 Å². The van der Waals surface area contributed by atoms with Crippen LogP contribution in [-0.2, 0) is 0 Å². The zero-order valence-electron chi connectivity index (χ0n) is 11.2. The molecule has 17 heavy (non-hydrogen) atoms. The number of hydrogen-bond donors (Lipinski definition) is 1. The maximum absolute atomic E-state index is 6.33. The molecule has 1 atom stereocenters. The molecule has 0 aliphatic heterocycles. The molecule has 1 nitrogen and oxygen atoms in total. The van der Waals surface area contributed by atoms with Gasteiger partial charge in [0.25, 0.3) is 0 Å². The van der Waals surface area contributed by atoms with Crippen LogP contribution in [0.3, 0.4) is 0 Å². The fourth-order valence-electron chi connectivity index (χ4n) is 2.80. The molecule has 1 aromatic rings. The van der Waals surface area contributed by atoms with Crippen molar-refractivity contribution in [1.82, 2.24) is 0 Å². The molecule has 1 saturated carbocycles. The highest BCUT2D eigenvalue weighted by molar-refractivity contribution is 5.28. The first kappa shape index (κ1) is 12.6. The van der Waals surface area contributed by atoms with Gasteiger partial charge in [-0.1, -0.05) is 57.4 Å².